The van der Waals surface area contributed by atoms with Gasteiger partial charge in [0.25, 0.3) is 0 Å². The maximum Gasteiger partial charge on any atom is 0.120 e. The summed E-state index contributed by atoms with van der Waals surface area (Å²) >= 11 is 12.1. The molecule has 0 aliphatic heterocycles. The van der Waals surface area contributed by atoms with Crippen LogP contribution in [-0.4, -0.2) is 7.11 Å². The van der Waals surface area contributed by atoms with Crippen LogP contribution in [0.1, 0.15) is 17.2 Å². The van der Waals surface area contributed by atoms with Crippen LogP contribution >= 0.6 is 23.2 Å². The lowest BCUT2D eigenvalue weighted by atomic mass is 9.99. The number of halogens is 2. The van der Waals surface area contributed by atoms with Crippen LogP contribution in [0.25, 0.3) is 0 Å². The minimum Gasteiger partial charge on any atom is -0.497 e. The summed E-state index contributed by atoms with van der Waals surface area (Å²) in [6.07, 6.45) is 0.712. The summed E-state index contributed by atoms with van der Waals surface area (Å²) in [5, 5.41) is 1.35. The van der Waals surface area contributed by atoms with E-state index in [0.717, 1.165) is 21.9 Å². The van der Waals surface area contributed by atoms with E-state index in [1.54, 1.807) is 13.2 Å². The van der Waals surface area contributed by atoms with E-state index < -0.39 is 0 Å². The van der Waals surface area contributed by atoms with Gasteiger partial charge in [0.1, 0.15) is 5.75 Å². The van der Waals surface area contributed by atoms with Gasteiger partial charge in [-0.3, -0.25) is 0 Å². The van der Waals surface area contributed by atoms with E-state index in [1.165, 1.54) is 0 Å². The molecule has 2 aromatic rings. The maximum absolute atomic E-state index is 6.21. The molecule has 0 spiro atoms. The number of methoxy groups -OCH3 is 1. The number of nitrogens with two attached hydrogens (primary N) is 1. The van der Waals surface area contributed by atoms with E-state index in [0.29, 0.717) is 11.4 Å². The summed E-state index contributed by atoms with van der Waals surface area (Å²) in [4.78, 5) is 0. The molecule has 1 atom stereocenters. The summed E-state index contributed by atoms with van der Waals surface area (Å²) in [5.74, 6) is 0.729. The van der Waals surface area contributed by atoms with Gasteiger partial charge in [0.05, 0.1) is 7.11 Å². The van der Waals surface area contributed by atoms with Gasteiger partial charge >= 0.3 is 0 Å². The fraction of sp³-hybridized carbons (Fsp3) is 0.200. The second-order valence-electron chi connectivity index (χ2n) is 4.32. The largest absolute Gasteiger partial charge is 0.497 e. The minimum absolute atomic E-state index is 0.153. The number of hydrogen-bond acceptors (Lipinski definition) is 2. The highest BCUT2D eigenvalue weighted by molar-refractivity contribution is 6.31. The van der Waals surface area contributed by atoms with Gasteiger partial charge in [0, 0.05) is 16.1 Å². The van der Waals surface area contributed by atoms with Crippen molar-refractivity contribution in [3.05, 3.63) is 63.6 Å². The second-order valence-corrected chi connectivity index (χ2v) is 5.17. The highest BCUT2D eigenvalue weighted by atomic mass is 35.5. The van der Waals surface area contributed by atoms with Crippen LogP contribution in [0.3, 0.4) is 0 Å². The normalized spacial score (nSPS) is 12.2. The Kier molecular flexibility index (Phi) is 4.70. The lowest BCUT2D eigenvalue weighted by Crippen LogP contribution is -2.13. The van der Waals surface area contributed by atoms with Crippen molar-refractivity contribution in [3.8, 4) is 5.75 Å². The van der Waals surface area contributed by atoms with E-state index in [-0.39, 0.29) is 6.04 Å². The van der Waals surface area contributed by atoms with E-state index >= 15 is 0 Å². The Labute approximate surface area is 123 Å². The third-order valence-electron chi connectivity index (χ3n) is 2.98. The predicted octanol–water partition coefficient (Wildman–Crippen LogP) is 4.24. The third kappa shape index (κ3) is 3.63. The first-order valence-corrected chi connectivity index (χ1v) is 6.69. The fourth-order valence-electron chi connectivity index (χ4n) is 1.92. The zero-order valence-electron chi connectivity index (χ0n) is 10.6. The summed E-state index contributed by atoms with van der Waals surface area (Å²) in [6.45, 7) is 0. The average molecular weight is 296 g/mol. The summed E-state index contributed by atoms with van der Waals surface area (Å²) in [7, 11) is 1.61. The van der Waals surface area contributed by atoms with E-state index in [9.17, 15) is 0 Å². The molecule has 2 N–H and O–H groups in total. The fourth-order valence-corrected chi connectivity index (χ4v) is 2.36. The molecule has 0 saturated carbocycles. The highest BCUT2D eigenvalue weighted by Crippen LogP contribution is 2.28. The molecule has 0 amide bonds. The standard InChI is InChI=1S/C15H15Cl2NO/c1-19-12-6-7-13(14(17)9-12)15(18)8-10-2-4-11(16)5-3-10/h2-7,9,15H,8,18H2,1H3. The smallest absolute Gasteiger partial charge is 0.120 e. The van der Waals surface area contributed by atoms with Gasteiger partial charge in [-0.05, 0) is 41.8 Å². The van der Waals surface area contributed by atoms with Gasteiger partial charge < -0.3 is 10.5 Å². The second kappa shape index (κ2) is 6.29. The monoisotopic (exact) mass is 295 g/mol. The molecule has 0 aromatic heterocycles. The average Bonchev–Trinajstić information content (AvgIpc) is 2.41. The number of rotatable bonds is 4. The van der Waals surface area contributed by atoms with Crippen LogP contribution in [0.2, 0.25) is 10.0 Å². The highest BCUT2D eigenvalue weighted by Gasteiger charge is 2.11. The van der Waals surface area contributed by atoms with Crippen molar-refractivity contribution in [3.63, 3.8) is 0 Å². The quantitative estimate of drug-likeness (QED) is 0.915. The van der Waals surface area contributed by atoms with Gasteiger partial charge in [-0.15, -0.1) is 0 Å². The van der Waals surface area contributed by atoms with Crippen molar-refractivity contribution >= 4 is 23.2 Å². The van der Waals surface area contributed by atoms with Crippen molar-refractivity contribution in [1.82, 2.24) is 0 Å². The van der Waals surface area contributed by atoms with Crippen LogP contribution in [0.15, 0.2) is 42.5 Å². The Morgan fingerprint density at radius 3 is 2.37 bits per heavy atom. The molecular formula is C15H15Cl2NO. The van der Waals surface area contributed by atoms with Gasteiger partial charge in [0.15, 0.2) is 0 Å². The third-order valence-corrected chi connectivity index (χ3v) is 3.56. The first kappa shape index (κ1) is 14.2. The van der Waals surface area contributed by atoms with Crippen LogP contribution in [0.4, 0.5) is 0 Å². The topological polar surface area (TPSA) is 35.2 Å². The zero-order chi connectivity index (χ0) is 13.8. The van der Waals surface area contributed by atoms with Crippen LogP contribution in [-0.2, 0) is 6.42 Å². The van der Waals surface area contributed by atoms with E-state index in [4.69, 9.17) is 33.7 Å². The molecule has 0 aliphatic rings. The predicted molar refractivity (Wildman–Crippen MR) is 80.1 cm³/mol. The molecule has 0 saturated heterocycles. The van der Waals surface area contributed by atoms with Crippen LogP contribution in [0, 0.1) is 0 Å². The molecule has 19 heavy (non-hydrogen) atoms. The van der Waals surface area contributed by atoms with Crippen LogP contribution < -0.4 is 10.5 Å². The molecule has 1 unspecified atom stereocenters. The van der Waals surface area contributed by atoms with E-state index in [1.807, 2.05) is 36.4 Å². The molecule has 2 aromatic carbocycles. The summed E-state index contributed by atoms with van der Waals surface area (Å²) in [5.41, 5.74) is 8.24. The first-order valence-electron chi connectivity index (χ1n) is 5.93. The Balaban J connectivity index is 2.15. The van der Waals surface area contributed by atoms with Crippen molar-refractivity contribution in [2.24, 2.45) is 5.73 Å². The van der Waals surface area contributed by atoms with Crippen LogP contribution in [0.5, 0.6) is 5.75 Å². The maximum atomic E-state index is 6.21. The summed E-state index contributed by atoms with van der Waals surface area (Å²) < 4.78 is 5.12. The molecule has 2 nitrogen and oxygen atoms in total. The lowest BCUT2D eigenvalue weighted by molar-refractivity contribution is 0.414. The number of ether oxygens (including phenoxy) is 1. The number of hydrogen-bond donors (Lipinski definition) is 1. The molecule has 0 heterocycles. The lowest BCUT2D eigenvalue weighted by Gasteiger charge is -2.14. The van der Waals surface area contributed by atoms with Gasteiger partial charge in [0.2, 0.25) is 0 Å². The molecule has 0 radical (unpaired) electrons. The van der Waals surface area contributed by atoms with Gasteiger partial charge in [-0.25, -0.2) is 0 Å². The van der Waals surface area contributed by atoms with Gasteiger partial charge in [-0.1, -0.05) is 41.4 Å². The molecule has 4 heteroatoms. The Morgan fingerprint density at radius 2 is 1.79 bits per heavy atom. The SMILES string of the molecule is COc1ccc(C(N)Cc2ccc(Cl)cc2)c(Cl)c1. The minimum atomic E-state index is -0.153. The van der Waals surface area contributed by atoms with Gasteiger partial charge in [-0.2, -0.15) is 0 Å². The Hall–Kier alpha value is -1.22. The van der Waals surface area contributed by atoms with Crippen molar-refractivity contribution in [1.29, 1.82) is 0 Å². The summed E-state index contributed by atoms with van der Waals surface area (Å²) in [6, 6.07) is 13.1. The molecule has 2 rings (SSSR count). The van der Waals surface area contributed by atoms with E-state index in [2.05, 4.69) is 0 Å². The molecule has 0 bridgehead atoms. The van der Waals surface area contributed by atoms with Crippen molar-refractivity contribution in [2.45, 2.75) is 12.5 Å². The molecule has 100 valence electrons. The Bertz CT molecular complexity index is 555. The Morgan fingerprint density at radius 1 is 1.11 bits per heavy atom. The molecule has 0 aliphatic carbocycles. The molecule has 0 fully saturated rings. The van der Waals surface area contributed by atoms with Crippen molar-refractivity contribution < 1.29 is 4.74 Å². The zero-order valence-corrected chi connectivity index (χ0v) is 12.1. The molecular weight excluding hydrogens is 281 g/mol. The first-order chi connectivity index (χ1) is 9.10. The number of benzene rings is 2. The van der Waals surface area contributed by atoms with Crippen molar-refractivity contribution in [2.75, 3.05) is 7.11 Å².